The van der Waals surface area contributed by atoms with Crippen molar-refractivity contribution in [2.45, 2.75) is 31.3 Å². The lowest BCUT2D eigenvalue weighted by atomic mass is 9.87. The monoisotopic (exact) mass is 376 g/mol. The zero-order valence-corrected chi connectivity index (χ0v) is 15.8. The third-order valence-electron chi connectivity index (χ3n) is 5.11. The fourth-order valence-corrected chi connectivity index (χ4v) is 3.53. The number of carbonyl (C=O) groups excluding carboxylic acids is 1. The number of benzene rings is 1. The van der Waals surface area contributed by atoms with Gasteiger partial charge in [0, 0.05) is 24.0 Å². The van der Waals surface area contributed by atoms with Crippen molar-refractivity contribution in [3.63, 3.8) is 0 Å². The number of aromatic nitrogens is 2. The van der Waals surface area contributed by atoms with Crippen LogP contribution in [0.1, 0.15) is 31.4 Å². The number of hydrogen-bond donors (Lipinski definition) is 2. The van der Waals surface area contributed by atoms with E-state index in [4.69, 9.17) is 9.47 Å². The Bertz CT molecular complexity index is 789. The minimum Gasteiger partial charge on any atom is -0.493 e. The third kappa shape index (κ3) is 3.62. The van der Waals surface area contributed by atoms with Crippen LogP contribution in [0.25, 0.3) is 0 Å². The molecule has 0 bridgehead atoms. The van der Waals surface area contributed by atoms with Crippen molar-refractivity contribution in [2.24, 2.45) is 0 Å². The highest BCUT2D eigenvalue weighted by Crippen LogP contribution is 2.33. The van der Waals surface area contributed by atoms with E-state index < -0.39 is 17.4 Å². The Balaban J connectivity index is 1.86. The highest BCUT2D eigenvalue weighted by molar-refractivity contribution is 5.85. The maximum Gasteiger partial charge on any atom is 0.248 e. The first kappa shape index (κ1) is 19.2. The van der Waals surface area contributed by atoms with Crippen LogP contribution in [0.4, 0.5) is 4.39 Å². The van der Waals surface area contributed by atoms with Gasteiger partial charge in [0.25, 0.3) is 0 Å². The van der Waals surface area contributed by atoms with Gasteiger partial charge in [-0.2, -0.15) is 5.10 Å². The topological polar surface area (TPSA) is 77.4 Å². The van der Waals surface area contributed by atoms with Crippen molar-refractivity contribution < 1.29 is 18.7 Å². The normalized spacial score (nSPS) is 17.2. The molecule has 3 rings (SSSR count). The molecule has 0 radical (unpaired) electrons. The maximum absolute atomic E-state index is 14.6. The summed E-state index contributed by atoms with van der Waals surface area (Å²) in [6.45, 7) is 3.18. The molecule has 1 aromatic heterocycles. The smallest absolute Gasteiger partial charge is 0.248 e. The number of ether oxygens (including phenoxy) is 2. The van der Waals surface area contributed by atoms with Crippen LogP contribution in [0.3, 0.4) is 0 Å². The molecule has 1 atom stereocenters. The van der Waals surface area contributed by atoms with Crippen LogP contribution in [0.5, 0.6) is 11.5 Å². The van der Waals surface area contributed by atoms with Gasteiger partial charge >= 0.3 is 0 Å². The Morgan fingerprint density at radius 3 is 2.56 bits per heavy atom. The number of carbonyl (C=O) groups is 1. The Morgan fingerprint density at radius 2 is 1.96 bits per heavy atom. The lowest BCUT2D eigenvalue weighted by Gasteiger charge is -2.37. The molecule has 1 aromatic carbocycles. The average molecular weight is 376 g/mol. The largest absolute Gasteiger partial charge is 0.493 e. The van der Waals surface area contributed by atoms with Crippen LogP contribution in [-0.4, -0.2) is 43.0 Å². The molecule has 0 aliphatic carbocycles. The fourth-order valence-electron chi connectivity index (χ4n) is 3.53. The molecule has 1 fully saturated rings. The van der Waals surface area contributed by atoms with Crippen LogP contribution in [0.15, 0.2) is 30.6 Å². The molecule has 2 heterocycles. The van der Waals surface area contributed by atoms with Gasteiger partial charge in [-0.1, -0.05) is 0 Å². The number of piperidine rings is 1. The molecule has 8 heteroatoms. The molecule has 1 saturated heterocycles. The van der Waals surface area contributed by atoms with E-state index in [0.717, 1.165) is 0 Å². The predicted molar refractivity (Wildman–Crippen MR) is 98.4 cm³/mol. The van der Waals surface area contributed by atoms with E-state index in [1.165, 1.54) is 20.3 Å². The van der Waals surface area contributed by atoms with Gasteiger partial charge in [0.05, 0.1) is 20.3 Å². The lowest BCUT2D eigenvalue weighted by molar-refractivity contribution is -0.132. The summed E-state index contributed by atoms with van der Waals surface area (Å²) < 4.78 is 26.6. The zero-order chi connectivity index (χ0) is 19.4. The van der Waals surface area contributed by atoms with Crippen LogP contribution < -0.4 is 20.1 Å². The third-order valence-corrected chi connectivity index (χ3v) is 5.11. The van der Waals surface area contributed by atoms with Crippen LogP contribution in [0, 0.1) is 5.82 Å². The summed E-state index contributed by atoms with van der Waals surface area (Å²) in [5.74, 6) is 0.0931. The van der Waals surface area contributed by atoms with E-state index in [1.807, 2.05) is 0 Å². The SMILES string of the molecule is COc1cc(F)c(C(C)NC(=O)C2(n3cccn3)CCNCC2)cc1OC. The molecule has 1 unspecified atom stereocenters. The molecule has 2 N–H and O–H groups in total. The van der Waals surface area contributed by atoms with E-state index in [9.17, 15) is 9.18 Å². The predicted octanol–water partition coefficient (Wildman–Crippen LogP) is 2.00. The first-order valence-corrected chi connectivity index (χ1v) is 8.95. The van der Waals surface area contributed by atoms with Crippen molar-refractivity contribution >= 4 is 5.91 Å². The highest BCUT2D eigenvalue weighted by atomic mass is 19.1. The van der Waals surface area contributed by atoms with E-state index in [1.54, 1.807) is 36.1 Å². The first-order chi connectivity index (χ1) is 13.0. The minimum absolute atomic E-state index is 0.172. The number of nitrogens with zero attached hydrogens (tertiary/aromatic N) is 2. The summed E-state index contributed by atoms with van der Waals surface area (Å²) in [5, 5.41) is 10.5. The number of methoxy groups -OCH3 is 2. The van der Waals surface area contributed by atoms with Gasteiger partial charge in [0.15, 0.2) is 11.5 Å². The maximum atomic E-state index is 14.6. The van der Waals surface area contributed by atoms with Gasteiger partial charge in [0.1, 0.15) is 11.4 Å². The lowest BCUT2D eigenvalue weighted by Crippen LogP contribution is -2.55. The van der Waals surface area contributed by atoms with Gasteiger partial charge in [0.2, 0.25) is 5.91 Å². The van der Waals surface area contributed by atoms with Crippen molar-refractivity contribution in [1.82, 2.24) is 20.4 Å². The Labute approximate surface area is 157 Å². The number of hydrogen-bond acceptors (Lipinski definition) is 5. The van der Waals surface area contributed by atoms with Crippen molar-refractivity contribution in [1.29, 1.82) is 0 Å². The van der Waals surface area contributed by atoms with Gasteiger partial charge in [-0.25, -0.2) is 4.39 Å². The highest BCUT2D eigenvalue weighted by Gasteiger charge is 2.42. The molecule has 0 saturated carbocycles. The molecule has 146 valence electrons. The van der Waals surface area contributed by atoms with Crippen LogP contribution in [-0.2, 0) is 10.3 Å². The molecule has 2 aromatic rings. The Kier molecular flexibility index (Phi) is 5.65. The minimum atomic E-state index is -0.782. The van der Waals surface area contributed by atoms with E-state index >= 15 is 0 Å². The van der Waals surface area contributed by atoms with Gasteiger partial charge < -0.3 is 20.1 Å². The van der Waals surface area contributed by atoms with Gasteiger partial charge in [-0.05, 0) is 45.0 Å². The number of amides is 1. The molecular weight excluding hydrogens is 351 g/mol. The molecule has 27 heavy (non-hydrogen) atoms. The number of halogens is 1. The summed E-state index contributed by atoms with van der Waals surface area (Å²) in [7, 11) is 2.94. The standard InChI is InChI=1S/C19H25FN4O3/c1-13(14-11-16(26-2)17(27-3)12-15(14)20)23-18(25)19(5-8-21-9-6-19)24-10-4-7-22-24/h4,7,10-13,21H,5-6,8-9H2,1-3H3,(H,23,25). The van der Waals surface area contributed by atoms with E-state index in [-0.39, 0.29) is 5.91 Å². The van der Waals surface area contributed by atoms with E-state index in [2.05, 4.69) is 15.7 Å². The van der Waals surface area contributed by atoms with Crippen molar-refractivity contribution in [3.05, 3.63) is 42.0 Å². The molecular formula is C19H25FN4O3. The second-order valence-corrected chi connectivity index (χ2v) is 6.66. The van der Waals surface area contributed by atoms with Crippen molar-refractivity contribution in [3.8, 4) is 11.5 Å². The number of nitrogens with one attached hydrogen (secondary N) is 2. The second-order valence-electron chi connectivity index (χ2n) is 6.66. The summed E-state index contributed by atoms with van der Waals surface area (Å²) in [4.78, 5) is 13.2. The van der Waals surface area contributed by atoms with Crippen LogP contribution >= 0.6 is 0 Å². The molecule has 1 aliphatic rings. The summed E-state index contributed by atoms with van der Waals surface area (Å²) in [6.07, 6.45) is 4.68. The summed E-state index contributed by atoms with van der Waals surface area (Å²) in [6, 6.07) is 4.08. The summed E-state index contributed by atoms with van der Waals surface area (Å²) in [5.41, 5.74) is -0.443. The Morgan fingerprint density at radius 1 is 1.30 bits per heavy atom. The average Bonchev–Trinajstić information content (AvgIpc) is 3.23. The van der Waals surface area contributed by atoms with Crippen LogP contribution in [0.2, 0.25) is 0 Å². The zero-order valence-electron chi connectivity index (χ0n) is 15.8. The Hall–Kier alpha value is -2.61. The fraction of sp³-hybridized carbons (Fsp3) is 0.474. The second kappa shape index (κ2) is 7.96. The quantitative estimate of drug-likeness (QED) is 0.806. The summed E-state index contributed by atoms with van der Waals surface area (Å²) >= 11 is 0. The molecule has 0 spiro atoms. The van der Waals surface area contributed by atoms with Gasteiger partial charge in [-0.3, -0.25) is 9.48 Å². The van der Waals surface area contributed by atoms with Gasteiger partial charge in [-0.15, -0.1) is 0 Å². The molecule has 7 nitrogen and oxygen atoms in total. The molecule has 1 aliphatic heterocycles. The van der Waals surface area contributed by atoms with Crippen molar-refractivity contribution in [2.75, 3.05) is 27.3 Å². The number of rotatable bonds is 6. The first-order valence-electron chi connectivity index (χ1n) is 8.95. The van der Waals surface area contributed by atoms with E-state index in [0.29, 0.717) is 43.0 Å². The molecule has 1 amide bonds.